The zero-order valence-corrected chi connectivity index (χ0v) is 28.6. The number of rotatable bonds is 20. The molecule has 35 heavy (non-hydrogen) atoms. The van der Waals surface area contributed by atoms with Crippen molar-refractivity contribution in [2.24, 2.45) is 0 Å². The summed E-state index contributed by atoms with van der Waals surface area (Å²) in [6.07, 6.45) is 9.08. The molecule has 196 valence electrons. The quantitative estimate of drug-likeness (QED) is 0.130. The Morgan fingerprint density at radius 1 is 0.514 bits per heavy atom. The summed E-state index contributed by atoms with van der Waals surface area (Å²) in [5.41, 5.74) is 2.71. The molecule has 0 amide bonds. The molecule has 0 radical (unpaired) electrons. The van der Waals surface area contributed by atoms with Crippen LogP contribution >= 0.6 is 0 Å². The van der Waals surface area contributed by atoms with Crippen molar-refractivity contribution in [3.8, 4) is 0 Å². The summed E-state index contributed by atoms with van der Waals surface area (Å²) in [5.74, 6) is 0. The molecule has 0 saturated carbocycles. The van der Waals surface area contributed by atoms with Crippen LogP contribution in [0.2, 0.25) is 17.7 Å². The first-order chi connectivity index (χ1) is 17.1. The molecule has 0 aromatic heterocycles. The Morgan fingerprint density at radius 3 is 1.26 bits per heavy atom. The van der Waals surface area contributed by atoms with E-state index in [9.17, 15) is 0 Å². The molecule has 5 heteroatoms. The molecule has 0 N–H and O–H groups in total. The van der Waals surface area contributed by atoms with E-state index >= 15 is 0 Å². The van der Waals surface area contributed by atoms with Crippen molar-refractivity contribution in [2.45, 2.75) is 96.8 Å². The Labute approximate surface area is 226 Å². The third-order valence-corrected chi connectivity index (χ3v) is 40.8. The van der Waals surface area contributed by atoms with Gasteiger partial charge in [0, 0.05) is 0 Å². The average Bonchev–Trinajstić information content (AvgIpc) is 2.88. The summed E-state index contributed by atoms with van der Waals surface area (Å²) < 4.78 is 26.2. The van der Waals surface area contributed by atoms with E-state index in [4.69, 9.17) is 7.56 Å². The Kier molecular flexibility index (Phi) is 16.2. The van der Waals surface area contributed by atoms with Crippen LogP contribution in [0.1, 0.15) is 77.3 Å². The van der Waals surface area contributed by atoms with Gasteiger partial charge in [0.1, 0.15) is 0 Å². The average molecular weight is 696 g/mol. The van der Waals surface area contributed by atoms with Crippen LogP contribution in [0.5, 0.6) is 0 Å². The number of hydrogen-bond acceptors (Lipinski definition) is 3. The zero-order chi connectivity index (χ0) is 25.2. The van der Waals surface area contributed by atoms with Gasteiger partial charge in [0.2, 0.25) is 0 Å². The van der Waals surface area contributed by atoms with Crippen molar-refractivity contribution in [3.05, 3.63) is 71.8 Å². The van der Waals surface area contributed by atoms with Gasteiger partial charge in [0.25, 0.3) is 0 Å². The second-order valence-electron chi connectivity index (χ2n) is 9.80. The molecule has 2 atom stereocenters. The van der Waals surface area contributed by atoms with E-state index in [0.717, 1.165) is 47.8 Å². The van der Waals surface area contributed by atoms with Gasteiger partial charge < -0.3 is 0 Å². The molecule has 2 aromatic rings. The molecule has 2 unspecified atom stereocenters. The Morgan fingerprint density at radius 2 is 0.914 bits per heavy atom. The molecule has 0 aliphatic carbocycles. The molecule has 2 aromatic carbocycles. The first kappa shape index (κ1) is 31.1. The van der Waals surface area contributed by atoms with Crippen LogP contribution in [-0.4, -0.2) is 51.6 Å². The van der Waals surface area contributed by atoms with E-state index in [0.29, 0.717) is 0 Å². The molecule has 0 aliphatic heterocycles. The van der Waals surface area contributed by atoms with Gasteiger partial charge in [-0.3, -0.25) is 0 Å². The minimum atomic E-state index is -3.30. The van der Waals surface area contributed by atoms with Crippen LogP contribution < -0.4 is 0 Å². The molecule has 2 rings (SSSR count). The third-order valence-electron chi connectivity index (χ3n) is 6.65. The molecule has 0 aliphatic rings. The van der Waals surface area contributed by atoms with Gasteiger partial charge in [-0.1, -0.05) is 0 Å². The fraction of sp³-hybridized carbons (Fsp3) is 0.600. The van der Waals surface area contributed by atoms with Gasteiger partial charge in [-0.15, -0.1) is 0 Å². The number of hydrogen-bond donors (Lipinski definition) is 0. The summed E-state index contributed by atoms with van der Waals surface area (Å²) in [6.45, 7) is 10.8. The normalized spacial score (nSPS) is 15.0. The topological polar surface area (TPSA) is 27.7 Å². The summed E-state index contributed by atoms with van der Waals surface area (Å²) in [4.78, 5) is 0. The van der Waals surface area contributed by atoms with Gasteiger partial charge in [-0.05, 0) is 0 Å². The van der Waals surface area contributed by atoms with Gasteiger partial charge in [-0.2, -0.15) is 0 Å². The van der Waals surface area contributed by atoms with Crippen LogP contribution in [-0.2, 0) is 20.4 Å². The van der Waals surface area contributed by atoms with E-state index < -0.39 is 38.4 Å². The first-order valence-corrected chi connectivity index (χ1v) is 26.9. The minimum absolute atomic E-state index is 0.787. The van der Waals surface area contributed by atoms with Crippen LogP contribution in [0.25, 0.3) is 0 Å². The van der Waals surface area contributed by atoms with Crippen molar-refractivity contribution in [1.29, 1.82) is 0 Å². The second-order valence-corrected chi connectivity index (χ2v) is 32.0. The first-order valence-electron chi connectivity index (χ1n) is 14.2. The van der Waals surface area contributed by atoms with E-state index in [-0.39, 0.29) is 0 Å². The molecule has 0 saturated heterocycles. The van der Waals surface area contributed by atoms with Crippen LogP contribution in [0.4, 0.5) is 0 Å². The molecule has 0 spiro atoms. The third kappa shape index (κ3) is 11.9. The molecule has 0 bridgehead atoms. The fourth-order valence-electron chi connectivity index (χ4n) is 4.79. The van der Waals surface area contributed by atoms with Gasteiger partial charge in [-0.25, -0.2) is 0 Å². The summed E-state index contributed by atoms with van der Waals surface area (Å²) in [6, 6.07) is 21.5. The molecular formula is C30H50O3Sn2. The molecular weight excluding hydrogens is 646 g/mol. The Bertz CT molecular complexity index is 708. The van der Waals surface area contributed by atoms with Crippen LogP contribution in [0, 0.1) is 0 Å². The second kappa shape index (κ2) is 18.2. The van der Waals surface area contributed by atoms with Crippen LogP contribution in [0.15, 0.2) is 60.7 Å². The van der Waals surface area contributed by atoms with Crippen LogP contribution in [0.3, 0.4) is 0 Å². The predicted molar refractivity (Wildman–Crippen MR) is 154 cm³/mol. The van der Waals surface area contributed by atoms with Crippen molar-refractivity contribution >= 4 is 38.4 Å². The molecule has 0 fully saturated rings. The standard InChI is InChI=1S/2C8H9O.2C4H9.2C3H7.O.2Sn/c2*9-7-6-8-4-2-1-3-5-8;2*1-3-4-2;2*1-3-2;;;/h2*1-5H,6-7H2;2*1,3-4H2,2H3;2*1,3H2,2H3;;;/q2*-1;;;;;;2*+1. The van der Waals surface area contributed by atoms with E-state index in [1.165, 1.54) is 45.7 Å². The van der Waals surface area contributed by atoms with E-state index in [1.807, 2.05) is 0 Å². The predicted octanol–water partition coefficient (Wildman–Crippen LogP) is 8.83. The van der Waals surface area contributed by atoms with Crippen molar-refractivity contribution in [2.75, 3.05) is 13.2 Å². The Hall–Kier alpha value is -0.0826. The van der Waals surface area contributed by atoms with Gasteiger partial charge in [0.15, 0.2) is 0 Å². The SMILES string of the molecule is CCC[CH2][Sn]([CH2]CC)([O]CCc1ccccc1)[O][Sn]([CH2]CC)([CH2]CCC)[O]CCc1ccccc1. The monoisotopic (exact) mass is 698 g/mol. The Balaban J connectivity index is 2.22. The maximum absolute atomic E-state index is 7.56. The maximum atomic E-state index is 7.56. The zero-order valence-electron chi connectivity index (χ0n) is 22.9. The van der Waals surface area contributed by atoms with Crippen molar-refractivity contribution in [1.82, 2.24) is 0 Å². The van der Waals surface area contributed by atoms with Gasteiger partial charge >= 0.3 is 228 Å². The van der Waals surface area contributed by atoms with Crippen molar-refractivity contribution < 1.29 is 7.56 Å². The number of benzene rings is 2. The van der Waals surface area contributed by atoms with E-state index in [2.05, 4.69) is 88.4 Å². The summed E-state index contributed by atoms with van der Waals surface area (Å²) >= 11 is -6.60. The number of unbranched alkanes of at least 4 members (excludes halogenated alkanes) is 2. The molecule has 3 nitrogen and oxygen atoms in total. The molecule has 0 heterocycles. The summed E-state index contributed by atoms with van der Waals surface area (Å²) in [7, 11) is 0. The van der Waals surface area contributed by atoms with Crippen molar-refractivity contribution in [3.63, 3.8) is 0 Å². The van der Waals surface area contributed by atoms with E-state index in [1.54, 1.807) is 0 Å². The van der Waals surface area contributed by atoms with Gasteiger partial charge in [0.05, 0.1) is 0 Å². The fourth-order valence-corrected chi connectivity index (χ4v) is 46.5. The summed E-state index contributed by atoms with van der Waals surface area (Å²) in [5, 5.41) is 0.